The fourth-order valence-electron chi connectivity index (χ4n) is 3.74. The number of carbonyl (C=O) groups is 1. The van der Waals surface area contributed by atoms with E-state index in [-0.39, 0.29) is 11.8 Å². The summed E-state index contributed by atoms with van der Waals surface area (Å²) >= 11 is 0. The van der Waals surface area contributed by atoms with Gasteiger partial charge >= 0.3 is 0 Å². The van der Waals surface area contributed by atoms with Crippen molar-refractivity contribution in [2.75, 3.05) is 34.2 Å². The first-order valence-corrected chi connectivity index (χ1v) is 11.0. The number of carbonyl (C=O) groups excluding carboxylic acids is 1. The number of nitrogens with one attached hydrogen (secondary N) is 1. The van der Waals surface area contributed by atoms with Crippen molar-refractivity contribution < 1.29 is 14.3 Å². The first kappa shape index (κ1) is 23.2. The van der Waals surface area contributed by atoms with Crippen molar-refractivity contribution in [1.29, 1.82) is 0 Å². The fourth-order valence-corrected chi connectivity index (χ4v) is 3.74. The Kier molecular flexibility index (Phi) is 6.75. The minimum atomic E-state index is -0.394. The summed E-state index contributed by atoms with van der Waals surface area (Å²) in [5.41, 5.74) is 3.52. The van der Waals surface area contributed by atoms with Crippen LogP contribution in [-0.4, -0.2) is 65.7 Å². The van der Waals surface area contributed by atoms with Crippen LogP contribution in [0.5, 0.6) is 5.88 Å². The molecule has 2 N–H and O–H groups in total. The Hall–Kier alpha value is -3.97. The van der Waals surface area contributed by atoms with Gasteiger partial charge in [0.1, 0.15) is 5.82 Å². The van der Waals surface area contributed by atoms with Gasteiger partial charge in [-0.1, -0.05) is 30.3 Å². The molecule has 0 aliphatic heterocycles. The van der Waals surface area contributed by atoms with E-state index in [9.17, 15) is 14.3 Å². The van der Waals surface area contributed by atoms with Crippen molar-refractivity contribution in [2.45, 2.75) is 0 Å². The number of H-pyrrole nitrogens is 1. The van der Waals surface area contributed by atoms with Crippen LogP contribution in [-0.2, 0) is 0 Å². The quantitative estimate of drug-likeness (QED) is 0.390. The van der Waals surface area contributed by atoms with Crippen molar-refractivity contribution in [3.8, 4) is 5.88 Å². The molecule has 0 spiro atoms. The minimum Gasteiger partial charge on any atom is -0.494 e. The average Bonchev–Trinajstić information content (AvgIpc) is 3.15. The van der Waals surface area contributed by atoms with Crippen LogP contribution in [0.25, 0.3) is 10.9 Å². The van der Waals surface area contributed by atoms with Gasteiger partial charge < -0.3 is 19.9 Å². The predicted octanol–water partition coefficient (Wildman–Crippen LogP) is 4.82. The molecule has 0 radical (unpaired) electrons. The van der Waals surface area contributed by atoms with E-state index in [0.29, 0.717) is 40.0 Å². The van der Waals surface area contributed by atoms with Gasteiger partial charge in [-0.05, 0) is 56.6 Å². The zero-order valence-corrected chi connectivity index (χ0v) is 19.4. The molecule has 0 aliphatic rings. The lowest BCUT2D eigenvalue weighted by Crippen LogP contribution is -2.33. The van der Waals surface area contributed by atoms with E-state index in [4.69, 9.17) is 4.99 Å². The normalized spacial score (nSPS) is 11.9. The Morgan fingerprint density at radius 2 is 1.65 bits per heavy atom. The zero-order valence-electron chi connectivity index (χ0n) is 19.4. The van der Waals surface area contributed by atoms with Gasteiger partial charge in [-0.15, -0.1) is 0 Å². The Morgan fingerprint density at radius 1 is 0.941 bits per heavy atom. The molecule has 1 aromatic heterocycles. The topological polar surface area (TPSA) is 71.9 Å². The minimum absolute atomic E-state index is 0.0584. The number of hydrogen-bond acceptors (Lipinski definition) is 4. The number of hydrogen-bond donors (Lipinski definition) is 2. The number of fused-ring (bicyclic) bond motifs is 1. The summed E-state index contributed by atoms with van der Waals surface area (Å²) in [6, 6.07) is 20.9. The van der Waals surface area contributed by atoms with E-state index in [1.165, 1.54) is 12.1 Å². The molecule has 1 amide bonds. The molecule has 0 aliphatic carbocycles. The number of rotatable bonds is 7. The molecule has 0 atom stereocenters. The first-order chi connectivity index (χ1) is 16.3. The van der Waals surface area contributed by atoms with Crippen LogP contribution in [0.4, 0.5) is 10.1 Å². The Bertz CT molecular complexity index is 1330. The smallest absolute Gasteiger partial charge is 0.253 e. The van der Waals surface area contributed by atoms with E-state index in [0.717, 1.165) is 12.1 Å². The van der Waals surface area contributed by atoms with Gasteiger partial charge in [0.2, 0.25) is 0 Å². The van der Waals surface area contributed by atoms with E-state index >= 15 is 0 Å². The highest BCUT2D eigenvalue weighted by Crippen LogP contribution is 2.32. The third-order valence-corrected chi connectivity index (χ3v) is 5.61. The molecule has 0 unspecified atom stereocenters. The van der Waals surface area contributed by atoms with Crippen LogP contribution in [0.3, 0.4) is 0 Å². The second kappa shape index (κ2) is 9.89. The summed E-state index contributed by atoms with van der Waals surface area (Å²) < 4.78 is 13.7. The summed E-state index contributed by atoms with van der Waals surface area (Å²) in [6.07, 6.45) is 0. The molecule has 0 bridgehead atoms. The third-order valence-electron chi connectivity index (χ3n) is 5.61. The maximum absolute atomic E-state index is 13.7. The second-order valence-electron chi connectivity index (χ2n) is 8.44. The number of nitrogens with zero attached hydrogens (tertiary/aromatic N) is 3. The van der Waals surface area contributed by atoms with Gasteiger partial charge in [0.15, 0.2) is 5.88 Å². The van der Waals surface area contributed by atoms with Gasteiger partial charge in [-0.25, -0.2) is 9.38 Å². The van der Waals surface area contributed by atoms with Crippen LogP contribution in [0.2, 0.25) is 0 Å². The van der Waals surface area contributed by atoms with Crippen molar-refractivity contribution >= 4 is 28.2 Å². The number of halogens is 1. The molecule has 174 valence electrons. The Labute approximate surface area is 198 Å². The summed E-state index contributed by atoms with van der Waals surface area (Å²) in [5, 5.41) is 11.4. The van der Waals surface area contributed by atoms with Crippen LogP contribution in [0.1, 0.15) is 21.5 Å². The molecule has 0 saturated heterocycles. The molecule has 0 fully saturated rings. The highest BCUT2D eigenvalue weighted by molar-refractivity contribution is 6.21. The maximum Gasteiger partial charge on any atom is 0.253 e. The lowest BCUT2D eigenvalue weighted by Gasteiger charge is -2.19. The number of aliphatic imine (C=N–C) groups is 1. The molecule has 1 heterocycles. The van der Waals surface area contributed by atoms with Gasteiger partial charge in [-0.3, -0.25) is 4.79 Å². The monoisotopic (exact) mass is 458 g/mol. The lowest BCUT2D eigenvalue weighted by molar-refractivity contribution is 0.0786. The van der Waals surface area contributed by atoms with Crippen LogP contribution < -0.4 is 0 Å². The summed E-state index contributed by atoms with van der Waals surface area (Å²) in [7, 11) is 5.73. The average molecular weight is 459 g/mol. The summed E-state index contributed by atoms with van der Waals surface area (Å²) in [5.74, 6) is -0.538. The molecule has 34 heavy (non-hydrogen) atoms. The highest BCUT2D eigenvalue weighted by atomic mass is 19.1. The zero-order chi connectivity index (χ0) is 24.2. The summed E-state index contributed by atoms with van der Waals surface area (Å²) in [6.45, 7) is 1.41. The van der Waals surface area contributed by atoms with E-state index in [1.54, 1.807) is 42.3 Å². The number of aromatic amines is 1. The van der Waals surface area contributed by atoms with Gasteiger partial charge in [-0.2, -0.15) is 0 Å². The lowest BCUT2D eigenvalue weighted by atomic mass is 10.0. The van der Waals surface area contributed by atoms with E-state index in [2.05, 4.69) is 4.98 Å². The highest BCUT2D eigenvalue weighted by Gasteiger charge is 2.19. The van der Waals surface area contributed by atoms with Gasteiger partial charge in [0.25, 0.3) is 5.91 Å². The second-order valence-corrected chi connectivity index (χ2v) is 8.44. The number of likely N-dealkylation sites (N-methyl/N-ethyl adjacent to an activating group) is 2. The third kappa shape index (κ3) is 5.00. The molecular formula is C27H27FN4O2. The van der Waals surface area contributed by atoms with Crippen molar-refractivity contribution in [2.24, 2.45) is 4.99 Å². The van der Waals surface area contributed by atoms with Crippen molar-refractivity contribution in [3.63, 3.8) is 0 Å². The molecule has 7 heteroatoms. The molecule has 4 rings (SSSR count). The van der Waals surface area contributed by atoms with Gasteiger partial charge in [0, 0.05) is 36.7 Å². The number of benzene rings is 3. The van der Waals surface area contributed by atoms with Crippen LogP contribution in [0, 0.1) is 5.82 Å². The van der Waals surface area contributed by atoms with Gasteiger partial charge in [0.05, 0.1) is 22.5 Å². The first-order valence-electron chi connectivity index (χ1n) is 11.0. The van der Waals surface area contributed by atoms with E-state index < -0.39 is 5.82 Å². The number of aromatic hydroxyl groups is 1. The number of aromatic nitrogens is 1. The fraction of sp³-hybridized carbons (Fsp3) is 0.185. The van der Waals surface area contributed by atoms with Crippen molar-refractivity contribution in [1.82, 2.24) is 14.8 Å². The van der Waals surface area contributed by atoms with Crippen molar-refractivity contribution in [3.05, 3.63) is 95.3 Å². The molecule has 4 aromatic rings. The number of amides is 1. The standard InChI is InChI=1S/C27H27FN4O2/c1-31(2)15-16-32(3)27(34)19-9-12-21(13-10-19)29-25(18-7-5-4-6-8-18)24-22-14-11-20(28)17-23(22)30-26(24)33/h4-14,17,30,33H,15-16H2,1-3H3. The Balaban J connectivity index is 1.72. The van der Waals surface area contributed by atoms with Crippen LogP contribution >= 0.6 is 0 Å². The van der Waals surface area contributed by atoms with Crippen LogP contribution in [0.15, 0.2) is 77.8 Å². The van der Waals surface area contributed by atoms with E-state index in [1.807, 2.05) is 49.3 Å². The SMILES string of the molecule is CN(C)CCN(C)C(=O)c1ccc(N=C(c2ccccc2)c2c(O)[nH]c3cc(F)ccc23)cc1. The maximum atomic E-state index is 13.7. The molecule has 3 aromatic carbocycles. The summed E-state index contributed by atoms with van der Waals surface area (Å²) in [4.78, 5) is 24.1. The molecular weight excluding hydrogens is 431 g/mol. The molecule has 6 nitrogen and oxygen atoms in total. The molecule has 0 saturated carbocycles. The largest absolute Gasteiger partial charge is 0.494 e. The Morgan fingerprint density at radius 3 is 2.32 bits per heavy atom. The predicted molar refractivity (Wildman–Crippen MR) is 134 cm³/mol.